The summed E-state index contributed by atoms with van der Waals surface area (Å²) in [6, 6.07) is 20.2. The monoisotopic (exact) mass is 656 g/mol. The lowest BCUT2D eigenvalue weighted by Gasteiger charge is -2.12. The highest BCUT2D eigenvalue weighted by atomic mass is 79.9. The van der Waals surface area contributed by atoms with Crippen molar-refractivity contribution in [3.05, 3.63) is 87.6 Å². The van der Waals surface area contributed by atoms with Gasteiger partial charge in [-0.2, -0.15) is 0 Å². The largest absolute Gasteiger partial charge is 0.494 e. The number of benzene rings is 3. The summed E-state index contributed by atoms with van der Waals surface area (Å²) in [5.41, 5.74) is 1.93. The third-order valence-electron chi connectivity index (χ3n) is 5.56. The highest BCUT2D eigenvalue weighted by Crippen LogP contribution is 2.27. The summed E-state index contributed by atoms with van der Waals surface area (Å²) >= 11 is 12.2. The van der Waals surface area contributed by atoms with Crippen LogP contribution in [0.1, 0.15) is 23.1 Å². The zero-order chi connectivity index (χ0) is 28.1. The van der Waals surface area contributed by atoms with Crippen LogP contribution in [0.4, 0.5) is 5.13 Å². The minimum atomic E-state index is -0.350. The minimum absolute atomic E-state index is 0.0837. The zero-order valence-electron chi connectivity index (χ0n) is 21.1. The van der Waals surface area contributed by atoms with Crippen molar-refractivity contribution in [1.82, 2.24) is 25.1 Å². The predicted molar refractivity (Wildman–Crippen MR) is 162 cm³/mol. The second-order valence-electron chi connectivity index (χ2n) is 8.29. The molecule has 3 aromatic carbocycles. The first kappa shape index (κ1) is 28.1. The number of thiazole rings is 1. The SMILES string of the molecule is CCOc1ccc(-n2c(CNC(=O)c3cc(Br)ccc3Cl)nnc2SCC(=O)Nc2nc3ccccc3s2)cc1. The summed E-state index contributed by atoms with van der Waals surface area (Å²) in [7, 11) is 0. The van der Waals surface area contributed by atoms with Crippen LogP contribution in [0, 0.1) is 0 Å². The van der Waals surface area contributed by atoms with Crippen molar-refractivity contribution in [2.45, 2.75) is 18.6 Å². The Labute approximate surface area is 251 Å². The van der Waals surface area contributed by atoms with Gasteiger partial charge >= 0.3 is 0 Å². The molecule has 0 saturated carbocycles. The summed E-state index contributed by atoms with van der Waals surface area (Å²) in [6.45, 7) is 2.55. The van der Waals surface area contributed by atoms with Crippen LogP contribution in [0.2, 0.25) is 5.02 Å². The summed E-state index contributed by atoms with van der Waals surface area (Å²) < 4.78 is 9.10. The first-order valence-electron chi connectivity index (χ1n) is 12.1. The maximum absolute atomic E-state index is 12.9. The Bertz CT molecular complexity index is 1640. The number of fused-ring (bicyclic) bond motifs is 1. The van der Waals surface area contributed by atoms with Gasteiger partial charge in [0.1, 0.15) is 5.75 Å². The van der Waals surface area contributed by atoms with E-state index in [0.29, 0.717) is 33.3 Å². The van der Waals surface area contributed by atoms with Crippen molar-refractivity contribution in [3.63, 3.8) is 0 Å². The highest BCUT2D eigenvalue weighted by molar-refractivity contribution is 9.10. The van der Waals surface area contributed by atoms with Crippen LogP contribution >= 0.6 is 50.6 Å². The fraction of sp³-hybridized carbons (Fsp3) is 0.148. The number of para-hydroxylation sites is 1. The number of hydrogen-bond acceptors (Lipinski definition) is 8. The van der Waals surface area contributed by atoms with Gasteiger partial charge in [0, 0.05) is 10.2 Å². The molecule has 5 aromatic rings. The van der Waals surface area contributed by atoms with Crippen molar-refractivity contribution in [2.75, 3.05) is 17.7 Å². The summed E-state index contributed by atoms with van der Waals surface area (Å²) in [5, 5.41) is 15.7. The molecule has 204 valence electrons. The van der Waals surface area contributed by atoms with E-state index < -0.39 is 0 Å². The number of halogens is 2. The van der Waals surface area contributed by atoms with Gasteiger partial charge in [0.25, 0.3) is 5.91 Å². The average Bonchev–Trinajstić information content (AvgIpc) is 3.55. The van der Waals surface area contributed by atoms with E-state index in [1.54, 1.807) is 22.8 Å². The highest BCUT2D eigenvalue weighted by Gasteiger charge is 2.19. The van der Waals surface area contributed by atoms with Crippen molar-refractivity contribution >= 4 is 77.8 Å². The lowest BCUT2D eigenvalue weighted by atomic mass is 10.2. The van der Waals surface area contributed by atoms with Gasteiger partial charge in [0.05, 0.1) is 39.7 Å². The Balaban J connectivity index is 1.33. The van der Waals surface area contributed by atoms with Gasteiger partial charge in [-0.25, -0.2) is 4.98 Å². The Morgan fingerprint density at radius 3 is 2.67 bits per heavy atom. The number of carbonyl (C=O) groups excluding carboxylic acids is 2. The van der Waals surface area contributed by atoms with Crippen LogP contribution in [0.25, 0.3) is 15.9 Å². The number of amides is 2. The number of hydrogen-bond donors (Lipinski definition) is 2. The number of anilines is 1. The number of aromatic nitrogens is 4. The molecule has 0 atom stereocenters. The molecule has 5 rings (SSSR count). The van der Waals surface area contributed by atoms with Gasteiger partial charge in [-0.1, -0.05) is 62.8 Å². The van der Waals surface area contributed by atoms with Crippen LogP contribution in [-0.2, 0) is 11.3 Å². The Hall–Kier alpha value is -3.45. The molecule has 0 bridgehead atoms. The van der Waals surface area contributed by atoms with Crippen LogP contribution < -0.4 is 15.4 Å². The van der Waals surface area contributed by atoms with Gasteiger partial charge in [0.2, 0.25) is 5.91 Å². The number of nitrogens with zero attached hydrogens (tertiary/aromatic N) is 4. The number of nitrogens with one attached hydrogen (secondary N) is 2. The van der Waals surface area contributed by atoms with E-state index in [0.717, 1.165) is 26.1 Å². The molecule has 2 N–H and O–H groups in total. The van der Waals surface area contributed by atoms with Crippen molar-refractivity contribution in [2.24, 2.45) is 0 Å². The third kappa shape index (κ3) is 6.64. The van der Waals surface area contributed by atoms with E-state index >= 15 is 0 Å². The maximum atomic E-state index is 12.9. The predicted octanol–water partition coefficient (Wildman–Crippen LogP) is 6.35. The number of thioether (sulfide) groups is 1. The van der Waals surface area contributed by atoms with Crippen molar-refractivity contribution in [3.8, 4) is 11.4 Å². The van der Waals surface area contributed by atoms with E-state index in [1.807, 2.05) is 55.5 Å². The molecule has 0 aliphatic rings. The fourth-order valence-corrected chi connectivity index (χ4v) is 5.98. The Morgan fingerprint density at radius 2 is 1.90 bits per heavy atom. The van der Waals surface area contributed by atoms with E-state index in [4.69, 9.17) is 16.3 Å². The van der Waals surface area contributed by atoms with Gasteiger partial charge in [-0.05, 0) is 61.5 Å². The molecular weight excluding hydrogens is 636 g/mol. The lowest BCUT2D eigenvalue weighted by molar-refractivity contribution is -0.113. The second kappa shape index (κ2) is 12.8. The number of rotatable bonds is 10. The summed E-state index contributed by atoms with van der Waals surface area (Å²) in [5.74, 6) is 0.729. The van der Waals surface area contributed by atoms with Crippen molar-refractivity contribution < 1.29 is 14.3 Å². The molecular formula is C27H22BrClN6O3S2. The van der Waals surface area contributed by atoms with Crippen LogP contribution in [0.5, 0.6) is 5.75 Å². The molecule has 0 fully saturated rings. The molecule has 40 heavy (non-hydrogen) atoms. The average molecular weight is 658 g/mol. The molecule has 0 unspecified atom stereocenters. The normalized spacial score (nSPS) is 11.0. The maximum Gasteiger partial charge on any atom is 0.253 e. The van der Waals surface area contributed by atoms with Gasteiger partial charge < -0.3 is 15.4 Å². The van der Waals surface area contributed by atoms with Crippen molar-refractivity contribution in [1.29, 1.82) is 0 Å². The lowest BCUT2D eigenvalue weighted by Crippen LogP contribution is -2.25. The molecule has 0 aliphatic carbocycles. The van der Waals surface area contributed by atoms with Crippen LogP contribution in [0.15, 0.2) is 76.4 Å². The second-order valence-corrected chi connectivity index (χ2v) is 11.6. The standard InChI is InChI=1S/C27H22BrClN6O3S2/c1-2-38-18-10-8-17(9-11-18)35-23(14-30-25(37)19-13-16(28)7-12-20(19)29)33-34-27(35)39-15-24(36)32-26-31-21-5-3-4-6-22(21)40-26/h3-13H,2,14-15H2,1H3,(H,30,37)(H,31,32,36). The minimum Gasteiger partial charge on any atom is -0.494 e. The van der Waals surface area contributed by atoms with Gasteiger partial charge in [-0.15, -0.1) is 10.2 Å². The first-order valence-corrected chi connectivity index (χ1v) is 15.1. The summed E-state index contributed by atoms with van der Waals surface area (Å²) in [4.78, 5) is 30.1. The summed E-state index contributed by atoms with van der Waals surface area (Å²) in [6.07, 6.45) is 0. The molecule has 0 aliphatic heterocycles. The molecule has 0 spiro atoms. The van der Waals surface area contributed by atoms with Crippen LogP contribution in [-0.4, -0.2) is 43.9 Å². The molecule has 2 aromatic heterocycles. The third-order valence-corrected chi connectivity index (χ3v) is 8.26. The molecule has 0 radical (unpaired) electrons. The van der Waals surface area contributed by atoms with E-state index in [-0.39, 0.29) is 24.1 Å². The van der Waals surface area contributed by atoms with Crippen LogP contribution in [0.3, 0.4) is 0 Å². The molecule has 9 nitrogen and oxygen atoms in total. The first-order chi connectivity index (χ1) is 19.4. The molecule has 2 amide bonds. The Morgan fingerprint density at radius 1 is 1.10 bits per heavy atom. The topological polar surface area (TPSA) is 111 Å². The number of carbonyl (C=O) groups is 2. The Kier molecular flexibility index (Phi) is 9.00. The van der Waals surface area contributed by atoms with E-state index in [9.17, 15) is 9.59 Å². The van der Waals surface area contributed by atoms with Gasteiger partial charge in [0.15, 0.2) is 16.1 Å². The molecule has 13 heteroatoms. The molecule has 2 heterocycles. The smallest absolute Gasteiger partial charge is 0.253 e. The fourth-order valence-electron chi connectivity index (χ4n) is 3.76. The van der Waals surface area contributed by atoms with Gasteiger partial charge in [-0.3, -0.25) is 14.2 Å². The zero-order valence-corrected chi connectivity index (χ0v) is 25.0. The van der Waals surface area contributed by atoms with E-state index in [2.05, 4.69) is 41.7 Å². The van der Waals surface area contributed by atoms with E-state index in [1.165, 1.54) is 23.1 Å². The number of ether oxygens (including phenoxy) is 1. The molecule has 0 saturated heterocycles. The quantitative estimate of drug-likeness (QED) is 0.168.